The van der Waals surface area contributed by atoms with Crippen LogP contribution in [0.25, 0.3) is 11.0 Å². The van der Waals surface area contributed by atoms with E-state index in [1.54, 1.807) is 12.3 Å². The van der Waals surface area contributed by atoms with Gasteiger partial charge in [-0.15, -0.1) is 0 Å². The van der Waals surface area contributed by atoms with Crippen LogP contribution >= 0.6 is 23.4 Å². The van der Waals surface area contributed by atoms with E-state index in [9.17, 15) is 4.79 Å². The van der Waals surface area contributed by atoms with E-state index in [1.165, 1.54) is 23.7 Å². The molecule has 0 saturated carbocycles. The molecule has 0 atom stereocenters. The Bertz CT molecular complexity index is 1180. The van der Waals surface area contributed by atoms with Crippen LogP contribution in [-0.4, -0.2) is 31.4 Å². The molecule has 4 rings (SSSR count). The van der Waals surface area contributed by atoms with Crippen molar-refractivity contribution in [3.05, 3.63) is 77.2 Å². The maximum absolute atomic E-state index is 12.4. The molecule has 4 aromatic rings. The third-order valence-electron chi connectivity index (χ3n) is 4.73. The highest BCUT2D eigenvalue weighted by Gasteiger charge is 2.13. The van der Waals surface area contributed by atoms with Crippen LogP contribution in [0.5, 0.6) is 0 Å². The van der Waals surface area contributed by atoms with E-state index in [1.807, 2.05) is 41.9 Å². The number of thioether (sulfide) groups is 1. The Morgan fingerprint density at radius 1 is 1.13 bits per heavy atom. The predicted octanol–water partition coefficient (Wildman–Crippen LogP) is 4.76. The first-order chi connectivity index (χ1) is 14.6. The first-order valence-corrected chi connectivity index (χ1v) is 10.9. The number of carbonyl (C=O) groups is 1. The molecule has 2 aromatic carbocycles. The van der Waals surface area contributed by atoms with E-state index in [2.05, 4.69) is 32.5 Å². The highest BCUT2D eigenvalue weighted by molar-refractivity contribution is 8.00. The summed E-state index contributed by atoms with van der Waals surface area (Å²) in [5.41, 5.74) is 3.59. The number of amides is 1. The summed E-state index contributed by atoms with van der Waals surface area (Å²) in [6, 6.07) is 15.7. The lowest BCUT2D eigenvalue weighted by molar-refractivity contribution is -0.113. The molecule has 0 spiro atoms. The van der Waals surface area contributed by atoms with Crippen LogP contribution in [0.15, 0.2) is 66.1 Å². The predicted molar refractivity (Wildman–Crippen MR) is 121 cm³/mol. The topological polar surface area (TPSA) is 72.7 Å². The average Bonchev–Trinajstić information content (AvgIpc) is 3.18. The number of carbonyl (C=O) groups excluding carboxylic acids is 1. The van der Waals surface area contributed by atoms with Gasteiger partial charge in [0.25, 0.3) is 0 Å². The van der Waals surface area contributed by atoms with Crippen molar-refractivity contribution < 1.29 is 4.79 Å². The summed E-state index contributed by atoms with van der Waals surface area (Å²) in [6.45, 7) is 2.60. The normalized spacial score (nSPS) is 11.0. The summed E-state index contributed by atoms with van der Waals surface area (Å²) >= 11 is 7.49. The molecule has 30 heavy (non-hydrogen) atoms. The van der Waals surface area contributed by atoms with Crippen LogP contribution in [0.4, 0.5) is 5.69 Å². The van der Waals surface area contributed by atoms with Gasteiger partial charge in [-0.1, -0.05) is 59.8 Å². The highest BCUT2D eigenvalue weighted by atomic mass is 35.5. The number of rotatable bonds is 7. The standard InChI is InChI=1S/C22H20ClN5OS/c1-15-18(23)8-5-9-19(15)27-20(29)13-30-22-17-12-26-28(21(17)24-14-25-22)11-10-16-6-3-2-4-7-16/h2-9,12,14H,10-11,13H2,1H3,(H,27,29). The highest BCUT2D eigenvalue weighted by Crippen LogP contribution is 2.26. The molecule has 0 fully saturated rings. The fraction of sp³-hybridized carbons (Fsp3) is 0.182. The second-order valence-electron chi connectivity index (χ2n) is 6.77. The minimum absolute atomic E-state index is 0.117. The molecule has 0 radical (unpaired) electrons. The van der Waals surface area contributed by atoms with Gasteiger partial charge in [0.05, 0.1) is 17.3 Å². The smallest absolute Gasteiger partial charge is 0.234 e. The Morgan fingerprint density at radius 3 is 2.80 bits per heavy atom. The lowest BCUT2D eigenvalue weighted by atomic mass is 10.1. The molecule has 0 aliphatic rings. The van der Waals surface area contributed by atoms with Crippen molar-refractivity contribution in [2.45, 2.75) is 24.9 Å². The number of nitrogens with one attached hydrogen (secondary N) is 1. The van der Waals surface area contributed by atoms with Crippen LogP contribution in [0.3, 0.4) is 0 Å². The van der Waals surface area contributed by atoms with Gasteiger partial charge in [0.1, 0.15) is 11.4 Å². The van der Waals surface area contributed by atoms with Crippen molar-refractivity contribution in [3.8, 4) is 0 Å². The number of aryl methyl sites for hydroxylation is 2. The Morgan fingerprint density at radius 2 is 1.97 bits per heavy atom. The monoisotopic (exact) mass is 437 g/mol. The Balaban J connectivity index is 1.42. The molecule has 2 aromatic heterocycles. The number of hydrogen-bond donors (Lipinski definition) is 1. The van der Waals surface area contributed by atoms with Crippen LogP contribution in [0, 0.1) is 6.92 Å². The van der Waals surface area contributed by atoms with Gasteiger partial charge >= 0.3 is 0 Å². The quantitative estimate of drug-likeness (QED) is 0.333. The van der Waals surface area contributed by atoms with Crippen molar-refractivity contribution in [3.63, 3.8) is 0 Å². The van der Waals surface area contributed by atoms with E-state index in [0.717, 1.165) is 40.3 Å². The zero-order valence-corrected chi connectivity index (χ0v) is 18.0. The molecule has 2 heterocycles. The van der Waals surface area contributed by atoms with Crippen LogP contribution in [0.2, 0.25) is 5.02 Å². The van der Waals surface area contributed by atoms with E-state index >= 15 is 0 Å². The van der Waals surface area contributed by atoms with Crippen molar-refractivity contribution >= 4 is 46.0 Å². The summed E-state index contributed by atoms with van der Waals surface area (Å²) < 4.78 is 1.88. The molecule has 8 heteroatoms. The molecule has 0 bridgehead atoms. The van der Waals surface area contributed by atoms with Crippen molar-refractivity contribution in [1.82, 2.24) is 19.7 Å². The minimum atomic E-state index is -0.117. The maximum atomic E-state index is 12.4. The van der Waals surface area contributed by atoms with Crippen LogP contribution in [0.1, 0.15) is 11.1 Å². The Kier molecular flexibility index (Phi) is 6.30. The molecule has 6 nitrogen and oxygen atoms in total. The SMILES string of the molecule is Cc1c(Cl)cccc1NC(=O)CSc1ncnc2c1cnn2CCc1ccccc1. The average molecular weight is 438 g/mol. The maximum Gasteiger partial charge on any atom is 0.234 e. The van der Waals surface area contributed by atoms with Crippen molar-refractivity contribution in [2.75, 3.05) is 11.1 Å². The van der Waals surface area contributed by atoms with Crippen molar-refractivity contribution in [1.29, 1.82) is 0 Å². The zero-order valence-electron chi connectivity index (χ0n) is 16.4. The van der Waals surface area contributed by atoms with E-state index in [4.69, 9.17) is 11.6 Å². The lowest BCUT2D eigenvalue weighted by Crippen LogP contribution is -2.15. The molecule has 0 unspecified atom stereocenters. The summed E-state index contributed by atoms with van der Waals surface area (Å²) in [6.07, 6.45) is 4.15. The Hall–Kier alpha value is -2.90. The summed E-state index contributed by atoms with van der Waals surface area (Å²) in [5.74, 6) is 0.112. The number of halogens is 1. The number of aromatic nitrogens is 4. The molecule has 1 N–H and O–H groups in total. The molecular weight excluding hydrogens is 418 g/mol. The first-order valence-electron chi connectivity index (χ1n) is 9.50. The second kappa shape index (κ2) is 9.28. The number of hydrogen-bond acceptors (Lipinski definition) is 5. The van der Waals surface area contributed by atoms with Gasteiger partial charge in [-0.05, 0) is 36.6 Å². The van der Waals surface area contributed by atoms with Gasteiger partial charge in [-0.25, -0.2) is 14.6 Å². The van der Waals surface area contributed by atoms with E-state index < -0.39 is 0 Å². The first kappa shape index (κ1) is 20.4. The number of benzene rings is 2. The largest absolute Gasteiger partial charge is 0.325 e. The van der Waals surface area contributed by atoms with Crippen molar-refractivity contribution in [2.24, 2.45) is 0 Å². The third-order valence-corrected chi connectivity index (χ3v) is 6.15. The number of anilines is 1. The number of fused-ring (bicyclic) bond motifs is 1. The summed E-state index contributed by atoms with van der Waals surface area (Å²) in [4.78, 5) is 21.1. The molecule has 0 saturated heterocycles. The number of nitrogens with zero attached hydrogens (tertiary/aromatic N) is 4. The van der Waals surface area contributed by atoms with Gasteiger partial charge in [0.2, 0.25) is 5.91 Å². The lowest BCUT2D eigenvalue weighted by Gasteiger charge is -2.09. The van der Waals surface area contributed by atoms with Gasteiger partial charge in [0.15, 0.2) is 5.65 Å². The van der Waals surface area contributed by atoms with Gasteiger partial charge in [0, 0.05) is 17.3 Å². The minimum Gasteiger partial charge on any atom is -0.325 e. The van der Waals surface area contributed by atoms with Gasteiger partial charge < -0.3 is 5.32 Å². The second-order valence-corrected chi connectivity index (χ2v) is 8.14. The van der Waals surface area contributed by atoms with Gasteiger partial charge in [-0.3, -0.25) is 4.79 Å². The summed E-state index contributed by atoms with van der Waals surface area (Å²) in [5, 5.41) is 9.59. The summed E-state index contributed by atoms with van der Waals surface area (Å²) in [7, 11) is 0. The Labute approximate surface area is 183 Å². The van der Waals surface area contributed by atoms with Gasteiger partial charge in [-0.2, -0.15) is 5.10 Å². The molecular formula is C22H20ClN5OS. The molecule has 0 aliphatic carbocycles. The zero-order chi connectivity index (χ0) is 20.9. The van der Waals surface area contributed by atoms with E-state index in [0.29, 0.717) is 5.02 Å². The molecule has 0 aliphatic heterocycles. The molecule has 152 valence electrons. The fourth-order valence-electron chi connectivity index (χ4n) is 3.09. The van der Waals surface area contributed by atoms with Crippen LogP contribution < -0.4 is 5.32 Å². The molecule has 1 amide bonds. The van der Waals surface area contributed by atoms with E-state index in [-0.39, 0.29) is 11.7 Å². The fourth-order valence-corrected chi connectivity index (χ4v) is 4.03. The van der Waals surface area contributed by atoms with Crippen LogP contribution in [-0.2, 0) is 17.8 Å². The third kappa shape index (κ3) is 4.63.